The lowest BCUT2D eigenvalue weighted by Gasteiger charge is -2.12. The van der Waals surface area contributed by atoms with Gasteiger partial charge in [-0.05, 0) is 36.6 Å². The van der Waals surface area contributed by atoms with E-state index in [1.54, 1.807) is 13.8 Å². The number of carbonyl (C=O) groups is 2. The first-order valence-electron chi connectivity index (χ1n) is 5.91. The zero-order valence-electron chi connectivity index (χ0n) is 10.9. The van der Waals surface area contributed by atoms with Gasteiger partial charge >= 0.3 is 12.0 Å². The Hall–Kier alpha value is -2.11. The number of rotatable bonds is 5. The number of amides is 2. The van der Waals surface area contributed by atoms with Crippen molar-refractivity contribution in [3.05, 3.63) is 29.6 Å². The second-order valence-electron chi connectivity index (χ2n) is 4.50. The maximum absolute atomic E-state index is 12.9. The van der Waals surface area contributed by atoms with E-state index in [9.17, 15) is 14.0 Å². The fourth-order valence-electron chi connectivity index (χ4n) is 1.57. The fourth-order valence-corrected chi connectivity index (χ4v) is 1.57. The Morgan fingerprint density at radius 1 is 1.42 bits per heavy atom. The number of aryl methyl sites for hydroxylation is 1. The van der Waals surface area contributed by atoms with Crippen molar-refractivity contribution in [2.75, 3.05) is 11.9 Å². The zero-order chi connectivity index (χ0) is 14.4. The Bertz CT molecular complexity index is 477. The molecule has 0 fully saturated rings. The lowest BCUT2D eigenvalue weighted by Crippen LogP contribution is -2.33. The summed E-state index contributed by atoms with van der Waals surface area (Å²) >= 11 is 0. The number of halogens is 1. The summed E-state index contributed by atoms with van der Waals surface area (Å²) in [7, 11) is 0. The lowest BCUT2D eigenvalue weighted by molar-refractivity contribution is -0.137. The SMILES string of the molecule is Cc1cc(F)ccc1NC(=O)NCC(C)CC(=O)O. The van der Waals surface area contributed by atoms with Crippen molar-refractivity contribution in [1.29, 1.82) is 0 Å². The van der Waals surface area contributed by atoms with Crippen LogP contribution in [0.15, 0.2) is 18.2 Å². The standard InChI is InChI=1S/C13H17FN2O3/c1-8(5-12(17)18)7-15-13(19)16-11-4-3-10(14)6-9(11)2/h3-4,6,8H,5,7H2,1-2H3,(H,17,18)(H2,15,16,19). The van der Waals surface area contributed by atoms with Crippen LogP contribution in [0.4, 0.5) is 14.9 Å². The normalized spacial score (nSPS) is 11.7. The topological polar surface area (TPSA) is 78.4 Å². The van der Waals surface area contributed by atoms with Crippen molar-refractivity contribution in [2.24, 2.45) is 5.92 Å². The Morgan fingerprint density at radius 2 is 2.11 bits per heavy atom. The van der Waals surface area contributed by atoms with Crippen LogP contribution in [-0.4, -0.2) is 23.7 Å². The molecule has 1 unspecified atom stereocenters. The Kier molecular flexibility index (Phi) is 5.29. The summed E-state index contributed by atoms with van der Waals surface area (Å²) in [6.45, 7) is 3.68. The van der Waals surface area contributed by atoms with E-state index in [0.717, 1.165) is 0 Å². The van der Waals surface area contributed by atoms with Gasteiger partial charge in [0.1, 0.15) is 5.82 Å². The van der Waals surface area contributed by atoms with E-state index < -0.39 is 12.0 Å². The van der Waals surface area contributed by atoms with Gasteiger partial charge in [-0.25, -0.2) is 9.18 Å². The molecule has 0 aromatic heterocycles. The predicted octanol–water partition coefficient (Wildman–Crippen LogP) is 2.37. The number of urea groups is 1. The summed E-state index contributed by atoms with van der Waals surface area (Å²) in [6.07, 6.45) is -0.00411. The van der Waals surface area contributed by atoms with Crippen molar-refractivity contribution in [1.82, 2.24) is 5.32 Å². The largest absolute Gasteiger partial charge is 0.481 e. The molecule has 1 aromatic carbocycles. The molecule has 5 nitrogen and oxygen atoms in total. The molecule has 1 atom stereocenters. The summed E-state index contributed by atoms with van der Waals surface area (Å²) in [5, 5.41) is 13.7. The highest BCUT2D eigenvalue weighted by molar-refractivity contribution is 5.90. The van der Waals surface area contributed by atoms with Crippen molar-refractivity contribution in [2.45, 2.75) is 20.3 Å². The van der Waals surface area contributed by atoms with Gasteiger partial charge in [-0.3, -0.25) is 4.79 Å². The molecule has 0 aliphatic rings. The van der Waals surface area contributed by atoms with E-state index in [4.69, 9.17) is 5.11 Å². The third kappa shape index (κ3) is 5.37. The monoisotopic (exact) mass is 268 g/mol. The van der Waals surface area contributed by atoms with E-state index in [-0.39, 0.29) is 24.7 Å². The van der Waals surface area contributed by atoms with Crippen LogP contribution in [0, 0.1) is 18.7 Å². The quantitative estimate of drug-likeness (QED) is 0.767. The molecule has 0 saturated heterocycles. The highest BCUT2D eigenvalue weighted by Gasteiger charge is 2.10. The van der Waals surface area contributed by atoms with Gasteiger partial charge in [-0.2, -0.15) is 0 Å². The van der Waals surface area contributed by atoms with E-state index in [1.165, 1.54) is 18.2 Å². The molecule has 0 radical (unpaired) electrons. The molecule has 19 heavy (non-hydrogen) atoms. The Morgan fingerprint density at radius 3 is 2.68 bits per heavy atom. The van der Waals surface area contributed by atoms with Gasteiger partial charge in [-0.15, -0.1) is 0 Å². The number of carbonyl (C=O) groups excluding carboxylic acids is 1. The number of carboxylic acid groups (broad SMARTS) is 1. The number of anilines is 1. The van der Waals surface area contributed by atoms with Crippen molar-refractivity contribution in [3.63, 3.8) is 0 Å². The Balaban J connectivity index is 2.45. The molecule has 0 spiro atoms. The van der Waals surface area contributed by atoms with Crippen LogP contribution in [0.25, 0.3) is 0 Å². The smallest absolute Gasteiger partial charge is 0.319 e. The molecule has 2 amide bonds. The molecule has 0 aliphatic heterocycles. The van der Waals surface area contributed by atoms with E-state index >= 15 is 0 Å². The third-order valence-electron chi connectivity index (χ3n) is 2.57. The number of hydrogen-bond acceptors (Lipinski definition) is 2. The molecule has 0 aliphatic carbocycles. The van der Waals surface area contributed by atoms with Crippen LogP contribution >= 0.6 is 0 Å². The van der Waals surface area contributed by atoms with Gasteiger partial charge in [0, 0.05) is 18.7 Å². The van der Waals surface area contributed by atoms with Crippen LogP contribution in [-0.2, 0) is 4.79 Å². The number of aliphatic carboxylic acids is 1. The first-order chi connectivity index (χ1) is 8.88. The molecule has 104 valence electrons. The van der Waals surface area contributed by atoms with Gasteiger partial charge in [0.25, 0.3) is 0 Å². The third-order valence-corrected chi connectivity index (χ3v) is 2.57. The molecule has 1 aromatic rings. The first kappa shape index (κ1) is 14.9. The minimum atomic E-state index is -0.899. The van der Waals surface area contributed by atoms with E-state index in [0.29, 0.717) is 11.3 Å². The van der Waals surface area contributed by atoms with E-state index in [2.05, 4.69) is 10.6 Å². The number of benzene rings is 1. The molecular weight excluding hydrogens is 251 g/mol. The molecule has 0 saturated carbocycles. The van der Waals surface area contributed by atoms with Gasteiger partial charge in [0.2, 0.25) is 0 Å². The van der Waals surface area contributed by atoms with Crippen LogP contribution in [0.1, 0.15) is 18.9 Å². The highest BCUT2D eigenvalue weighted by Crippen LogP contribution is 2.15. The summed E-state index contributed by atoms with van der Waals surface area (Å²) in [6, 6.07) is 3.62. The average Bonchev–Trinajstić information content (AvgIpc) is 2.29. The lowest BCUT2D eigenvalue weighted by atomic mass is 10.1. The number of nitrogens with one attached hydrogen (secondary N) is 2. The van der Waals surface area contributed by atoms with Gasteiger partial charge in [0.05, 0.1) is 0 Å². The molecule has 6 heteroatoms. The van der Waals surface area contributed by atoms with Crippen molar-refractivity contribution in [3.8, 4) is 0 Å². The second-order valence-corrected chi connectivity index (χ2v) is 4.50. The molecule has 0 bridgehead atoms. The minimum Gasteiger partial charge on any atom is -0.481 e. The molecular formula is C13H17FN2O3. The van der Waals surface area contributed by atoms with Crippen molar-refractivity contribution < 1.29 is 19.1 Å². The first-order valence-corrected chi connectivity index (χ1v) is 5.91. The molecule has 0 heterocycles. The minimum absolute atomic E-state index is 0.00411. The van der Waals surface area contributed by atoms with E-state index in [1.807, 2.05) is 0 Å². The summed E-state index contributed by atoms with van der Waals surface area (Å²) in [5.41, 5.74) is 1.14. The number of carboxylic acids is 1. The van der Waals surface area contributed by atoms with Crippen LogP contribution < -0.4 is 10.6 Å². The van der Waals surface area contributed by atoms with Gasteiger partial charge in [0.15, 0.2) is 0 Å². The highest BCUT2D eigenvalue weighted by atomic mass is 19.1. The van der Waals surface area contributed by atoms with Crippen molar-refractivity contribution >= 4 is 17.7 Å². The van der Waals surface area contributed by atoms with Crippen LogP contribution in [0.2, 0.25) is 0 Å². The van der Waals surface area contributed by atoms with Gasteiger partial charge < -0.3 is 15.7 Å². The maximum Gasteiger partial charge on any atom is 0.319 e. The summed E-state index contributed by atoms with van der Waals surface area (Å²) in [4.78, 5) is 22.0. The van der Waals surface area contributed by atoms with Crippen LogP contribution in [0.5, 0.6) is 0 Å². The predicted molar refractivity (Wildman–Crippen MR) is 69.6 cm³/mol. The second kappa shape index (κ2) is 6.72. The summed E-state index contributed by atoms with van der Waals surface area (Å²) < 4.78 is 12.9. The van der Waals surface area contributed by atoms with Gasteiger partial charge in [-0.1, -0.05) is 6.92 Å². The Labute approximate surface area is 110 Å². The number of hydrogen-bond donors (Lipinski definition) is 3. The van der Waals surface area contributed by atoms with Crippen LogP contribution in [0.3, 0.4) is 0 Å². The summed E-state index contributed by atoms with van der Waals surface area (Å²) in [5.74, 6) is -1.42. The molecule has 1 rings (SSSR count). The molecule has 3 N–H and O–H groups in total. The zero-order valence-corrected chi connectivity index (χ0v) is 10.9. The maximum atomic E-state index is 12.9. The average molecular weight is 268 g/mol. The fraction of sp³-hybridized carbons (Fsp3) is 0.385.